The van der Waals surface area contributed by atoms with Crippen molar-refractivity contribution in [2.24, 2.45) is 0 Å². The molecule has 3 aromatic heterocycles. The third-order valence-corrected chi connectivity index (χ3v) is 11.8. The van der Waals surface area contributed by atoms with Crippen LogP contribution < -0.4 is 0 Å². The number of carboxylic acid groups (broad SMARTS) is 2. The number of aromatic nitrogens is 3. The predicted octanol–water partition coefficient (Wildman–Crippen LogP) is 12.2. The van der Waals surface area contributed by atoms with E-state index < -0.39 is 11.9 Å². The van der Waals surface area contributed by atoms with Gasteiger partial charge in [-0.2, -0.15) is 12.6 Å². The summed E-state index contributed by atoms with van der Waals surface area (Å²) >= 11 is 4.16. The van der Waals surface area contributed by atoms with Gasteiger partial charge in [-0.3, -0.25) is 9.59 Å². The Hall–Kier alpha value is -1.86. The summed E-state index contributed by atoms with van der Waals surface area (Å²) in [5.74, 6) is 0.841. The van der Waals surface area contributed by atoms with Gasteiger partial charge >= 0.3 is 11.9 Å². The Balaban J connectivity index is 0.000000380. The molecule has 0 aliphatic heterocycles. The molecule has 272 valence electrons. The number of aliphatic carboxylic acids is 2. The molecule has 3 heterocycles. The van der Waals surface area contributed by atoms with E-state index >= 15 is 0 Å². The van der Waals surface area contributed by atoms with E-state index in [0.717, 1.165) is 46.5 Å². The molecule has 0 spiro atoms. The second-order valence-electron chi connectivity index (χ2n) is 11.2. The van der Waals surface area contributed by atoms with E-state index in [0.29, 0.717) is 12.8 Å². The molecule has 0 atom stereocenters. The summed E-state index contributed by atoms with van der Waals surface area (Å²) in [5.41, 5.74) is 0. The first-order valence-corrected chi connectivity index (χ1v) is 22.5. The van der Waals surface area contributed by atoms with Gasteiger partial charge in [0.2, 0.25) is 0 Å². The molecule has 0 aromatic carbocycles. The van der Waals surface area contributed by atoms with Crippen LogP contribution >= 0.6 is 55.8 Å². The van der Waals surface area contributed by atoms with Crippen molar-refractivity contribution >= 4 is 67.7 Å². The number of hydrogen-bond donors (Lipinski definition) is 3. The van der Waals surface area contributed by atoms with Crippen molar-refractivity contribution in [2.75, 3.05) is 11.5 Å². The molecule has 0 amide bonds. The first-order chi connectivity index (χ1) is 24.0. The maximum absolute atomic E-state index is 10.3. The molecule has 0 radical (unpaired) electrons. The lowest BCUT2D eigenvalue weighted by atomic mass is 10.1. The molecule has 0 saturated carbocycles. The van der Waals surface area contributed by atoms with Crippen LogP contribution in [-0.2, 0) is 9.59 Å². The number of carbonyl (C=O) groups is 2. The average Bonchev–Trinajstić information content (AvgIpc) is 3.12. The molecule has 0 saturated heterocycles. The summed E-state index contributed by atoms with van der Waals surface area (Å²) < 4.78 is 0. The largest absolute Gasteiger partial charge is 0.481 e. The van der Waals surface area contributed by atoms with Gasteiger partial charge < -0.3 is 10.2 Å². The van der Waals surface area contributed by atoms with Crippen LogP contribution in [-0.4, -0.2) is 48.6 Å². The third-order valence-electron chi connectivity index (χ3n) is 6.94. The fraction of sp³-hybridized carbons (Fsp3) is 0.541. The number of carboxylic acids is 2. The molecule has 49 heavy (non-hydrogen) atoms. The van der Waals surface area contributed by atoms with E-state index in [4.69, 9.17) is 10.2 Å². The van der Waals surface area contributed by atoms with Crippen molar-refractivity contribution in [1.82, 2.24) is 15.0 Å². The SMILES string of the molecule is O=C(O)CCCCCCCCCCS.O=C(O)CCCCCCCCCCSSc1ccccn1.c1ccc(SSc2ccccn2)nc1. The zero-order valence-electron chi connectivity index (χ0n) is 28.7. The van der Waals surface area contributed by atoms with Crippen molar-refractivity contribution in [3.05, 3.63) is 73.2 Å². The average molecular weight is 766 g/mol. The quantitative estimate of drug-likeness (QED) is 0.0412. The van der Waals surface area contributed by atoms with Crippen LogP contribution in [0.4, 0.5) is 0 Å². The Kier molecular flexibility index (Phi) is 31.9. The molecule has 0 bridgehead atoms. The molecular formula is C37H55N3O4S5. The summed E-state index contributed by atoms with van der Waals surface area (Å²) in [4.78, 5) is 33.2. The van der Waals surface area contributed by atoms with Crippen molar-refractivity contribution in [3.8, 4) is 0 Å². The number of rotatable bonds is 26. The Bertz CT molecular complexity index is 1130. The summed E-state index contributed by atoms with van der Waals surface area (Å²) in [6.45, 7) is 0. The van der Waals surface area contributed by atoms with E-state index in [2.05, 4.69) is 27.6 Å². The molecule has 2 N–H and O–H groups in total. The van der Waals surface area contributed by atoms with Gasteiger partial charge in [-0.05, 0) is 100 Å². The second-order valence-corrected chi connectivity index (χ2v) is 16.3. The molecular weight excluding hydrogens is 711 g/mol. The summed E-state index contributed by atoms with van der Waals surface area (Å²) in [7, 11) is 6.87. The van der Waals surface area contributed by atoms with Gasteiger partial charge in [0.05, 0.1) is 0 Å². The highest BCUT2D eigenvalue weighted by Crippen LogP contribution is 2.34. The first-order valence-electron chi connectivity index (χ1n) is 17.4. The highest BCUT2D eigenvalue weighted by molar-refractivity contribution is 8.77. The van der Waals surface area contributed by atoms with Crippen molar-refractivity contribution in [1.29, 1.82) is 0 Å². The smallest absolute Gasteiger partial charge is 0.303 e. The lowest BCUT2D eigenvalue weighted by Crippen LogP contribution is -1.93. The van der Waals surface area contributed by atoms with Crippen LogP contribution in [0.25, 0.3) is 0 Å². The van der Waals surface area contributed by atoms with E-state index in [1.165, 1.54) is 82.8 Å². The molecule has 0 unspecified atom stereocenters. The fourth-order valence-electron chi connectivity index (χ4n) is 4.32. The van der Waals surface area contributed by atoms with Crippen molar-refractivity contribution in [2.45, 2.75) is 131 Å². The third kappa shape index (κ3) is 31.8. The van der Waals surface area contributed by atoms with E-state index in [-0.39, 0.29) is 0 Å². The zero-order valence-corrected chi connectivity index (χ0v) is 32.9. The number of unbranched alkanes of at least 4 members (excludes halogenated alkanes) is 14. The predicted molar refractivity (Wildman–Crippen MR) is 215 cm³/mol. The van der Waals surface area contributed by atoms with Crippen LogP contribution in [0.3, 0.4) is 0 Å². The van der Waals surface area contributed by atoms with Crippen LogP contribution in [0.1, 0.15) is 116 Å². The minimum Gasteiger partial charge on any atom is -0.481 e. The summed E-state index contributed by atoms with van der Waals surface area (Å²) in [5, 5.41) is 20.0. The van der Waals surface area contributed by atoms with Gasteiger partial charge in [-0.1, -0.05) is 106 Å². The minimum absolute atomic E-state index is 0.325. The number of nitrogens with zero attached hydrogens (tertiary/aromatic N) is 3. The lowest BCUT2D eigenvalue weighted by molar-refractivity contribution is -0.138. The van der Waals surface area contributed by atoms with Crippen LogP contribution in [0.15, 0.2) is 88.3 Å². The Morgan fingerprint density at radius 1 is 0.490 bits per heavy atom. The Labute approximate surface area is 316 Å². The monoisotopic (exact) mass is 765 g/mol. The standard InChI is InChI=1S/C16H25NO2S2.C11H22O2S.C10H8N2S2/c18-16(19)12-7-5-3-1-2-4-6-10-14-20-21-15-11-8-9-13-17-15;12-11(13)9-7-5-3-1-2-4-6-8-10-14;1-3-7-11-9(5-1)13-14-10-6-2-4-8-12-10/h8-9,11,13H,1-7,10,12,14H2,(H,18,19);14H,1-10H2,(H,12,13);1-8H. The molecule has 12 heteroatoms. The minimum atomic E-state index is -0.670. The Morgan fingerprint density at radius 2 is 0.837 bits per heavy atom. The molecule has 3 aromatic rings. The normalized spacial score (nSPS) is 10.4. The van der Waals surface area contributed by atoms with E-state index in [1.54, 1.807) is 44.8 Å². The lowest BCUT2D eigenvalue weighted by Gasteiger charge is -2.02. The van der Waals surface area contributed by atoms with Crippen LogP contribution in [0.5, 0.6) is 0 Å². The number of thiol groups is 1. The molecule has 0 fully saturated rings. The fourth-order valence-corrected chi connectivity index (χ4v) is 8.32. The molecule has 0 aliphatic rings. The van der Waals surface area contributed by atoms with E-state index in [1.807, 2.05) is 71.6 Å². The summed E-state index contributed by atoms with van der Waals surface area (Å²) in [6.07, 6.45) is 25.0. The van der Waals surface area contributed by atoms with Crippen molar-refractivity contribution in [3.63, 3.8) is 0 Å². The topological polar surface area (TPSA) is 113 Å². The zero-order chi connectivity index (χ0) is 35.5. The maximum atomic E-state index is 10.3. The van der Waals surface area contributed by atoms with Gasteiger partial charge in [0.1, 0.15) is 15.1 Å². The number of hydrogen-bond acceptors (Lipinski definition) is 10. The highest BCUT2D eigenvalue weighted by Gasteiger charge is 1.99. The van der Waals surface area contributed by atoms with Gasteiger partial charge in [0.25, 0.3) is 0 Å². The maximum Gasteiger partial charge on any atom is 0.303 e. The molecule has 7 nitrogen and oxygen atoms in total. The van der Waals surface area contributed by atoms with E-state index in [9.17, 15) is 9.59 Å². The number of pyridine rings is 3. The van der Waals surface area contributed by atoms with Gasteiger partial charge in [-0.15, -0.1) is 0 Å². The molecule has 0 aliphatic carbocycles. The Morgan fingerprint density at radius 3 is 1.18 bits per heavy atom. The van der Waals surface area contributed by atoms with Crippen LogP contribution in [0, 0.1) is 0 Å². The van der Waals surface area contributed by atoms with Gasteiger partial charge in [-0.25, -0.2) is 15.0 Å². The second kappa shape index (κ2) is 34.6. The van der Waals surface area contributed by atoms with Crippen molar-refractivity contribution < 1.29 is 19.8 Å². The first kappa shape index (κ1) is 45.2. The molecule has 3 rings (SSSR count). The van der Waals surface area contributed by atoms with Crippen LogP contribution in [0.2, 0.25) is 0 Å². The summed E-state index contributed by atoms with van der Waals surface area (Å²) in [6, 6.07) is 17.8. The highest BCUT2D eigenvalue weighted by atomic mass is 33.1. The van der Waals surface area contributed by atoms with Gasteiger partial charge in [0, 0.05) is 37.2 Å². The van der Waals surface area contributed by atoms with Gasteiger partial charge in [0.15, 0.2) is 0 Å².